The van der Waals surface area contributed by atoms with Crippen LogP contribution in [0.2, 0.25) is 0 Å². The number of ether oxygens (including phenoxy) is 1. The van der Waals surface area contributed by atoms with E-state index in [1.807, 2.05) is 48.7 Å². The van der Waals surface area contributed by atoms with Gasteiger partial charge in [0.25, 0.3) is 0 Å². The molecule has 5 aromatic rings. The lowest BCUT2D eigenvalue weighted by Gasteiger charge is -2.11. The van der Waals surface area contributed by atoms with E-state index in [4.69, 9.17) is 4.74 Å². The zero-order chi connectivity index (χ0) is 20.3. The second-order valence-electron chi connectivity index (χ2n) is 6.70. The van der Waals surface area contributed by atoms with Gasteiger partial charge in [-0.2, -0.15) is 0 Å². The van der Waals surface area contributed by atoms with Gasteiger partial charge in [0.2, 0.25) is 0 Å². The van der Waals surface area contributed by atoms with Crippen LogP contribution >= 0.6 is 0 Å². The Bertz CT molecular complexity index is 1360. The number of rotatable bonds is 5. The number of aromatic nitrogens is 5. The molecule has 2 N–H and O–H groups in total. The van der Waals surface area contributed by atoms with Gasteiger partial charge in [-0.3, -0.25) is 9.97 Å². The molecule has 0 saturated carbocycles. The molecule has 7 heteroatoms. The molecule has 5 rings (SSSR count). The van der Waals surface area contributed by atoms with Gasteiger partial charge < -0.3 is 15.0 Å². The molecule has 0 saturated heterocycles. The Morgan fingerprint density at radius 3 is 2.83 bits per heavy atom. The smallest absolute Gasteiger partial charge is 0.141 e. The van der Waals surface area contributed by atoms with E-state index >= 15 is 0 Å². The van der Waals surface area contributed by atoms with Crippen molar-refractivity contribution in [2.24, 2.45) is 0 Å². The monoisotopic (exact) mass is 394 g/mol. The molecule has 146 valence electrons. The number of hydrogen-bond donors (Lipinski definition) is 2. The normalized spacial score (nSPS) is 11.4. The van der Waals surface area contributed by atoms with Crippen LogP contribution in [-0.2, 0) is 0 Å². The lowest BCUT2D eigenvalue weighted by Crippen LogP contribution is -1.97. The Balaban J connectivity index is 1.56. The van der Waals surface area contributed by atoms with Gasteiger partial charge in [-0.25, -0.2) is 9.97 Å². The van der Waals surface area contributed by atoms with Crippen LogP contribution in [0.25, 0.3) is 34.0 Å². The van der Waals surface area contributed by atoms with Crippen LogP contribution in [0.15, 0.2) is 67.5 Å². The first-order chi connectivity index (χ1) is 14.8. The summed E-state index contributed by atoms with van der Waals surface area (Å²) in [6, 6.07) is 12.1. The molecule has 30 heavy (non-hydrogen) atoms. The quantitative estimate of drug-likeness (QED) is 0.444. The number of benzene rings is 2. The van der Waals surface area contributed by atoms with Crippen LogP contribution in [0.3, 0.4) is 0 Å². The van der Waals surface area contributed by atoms with Gasteiger partial charge >= 0.3 is 0 Å². The van der Waals surface area contributed by atoms with E-state index in [0.717, 1.165) is 50.3 Å². The van der Waals surface area contributed by atoms with Crippen molar-refractivity contribution in [1.29, 1.82) is 0 Å². The van der Waals surface area contributed by atoms with Gasteiger partial charge in [-0.05, 0) is 42.5 Å². The van der Waals surface area contributed by atoms with E-state index in [-0.39, 0.29) is 0 Å². The number of methoxy groups -OCH3 is 1. The van der Waals surface area contributed by atoms with Crippen LogP contribution in [0.5, 0.6) is 5.75 Å². The second kappa shape index (κ2) is 7.63. The number of H-pyrrole nitrogens is 1. The standard InChI is InChI=1S/C23H18N6O/c1-30-22-12-21-19(11-16(22)2-3-18-13-24-8-9-25-18)23(28-14-27-21)29-17-4-5-20-15(10-17)6-7-26-20/h2-14,26H,1H3,(H,27,28,29)/b3-2+. The third kappa shape index (κ3) is 3.44. The summed E-state index contributed by atoms with van der Waals surface area (Å²) in [6.45, 7) is 0. The number of hydrogen-bond acceptors (Lipinski definition) is 6. The lowest BCUT2D eigenvalue weighted by atomic mass is 10.1. The number of aromatic amines is 1. The first-order valence-electron chi connectivity index (χ1n) is 9.41. The van der Waals surface area contributed by atoms with Gasteiger partial charge in [0.15, 0.2) is 0 Å². The number of fused-ring (bicyclic) bond motifs is 2. The average molecular weight is 394 g/mol. The van der Waals surface area contributed by atoms with E-state index in [9.17, 15) is 0 Å². The van der Waals surface area contributed by atoms with Crippen LogP contribution in [0, 0.1) is 0 Å². The molecule has 2 aromatic carbocycles. The number of anilines is 2. The Morgan fingerprint density at radius 1 is 1.00 bits per heavy atom. The van der Waals surface area contributed by atoms with E-state index in [2.05, 4.69) is 36.3 Å². The molecule has 0 radical (unpaired) electrons. The molecular formula is C23H18N6O. The largest absolute Gasteiger partial charge is 0.496 e. The molecule has 0 amide bonds. The van der Waals surface area contributed by atoms with Crippen molar-refractivity contribution >= 4 is 45.5 Å². The minimum absolute atomic E-state index is 0.723. The van der Waals surface area contributed by atoms with Crippen molar-refractivity contribution in [3.05, 3.63) is 78.8 Å². The number of nitrogens with zero attached hydrogens (tertiary/aromatic N) is 4. The predicted molar refractivity (Wildman–Crippen MR) is 119 cm³/mol. The molecule has 0 fully saturated rings. The van der Waals surface area contributed by atoms with Crippen molar-refractivity contribution in [3.63, 3.8) is 0 Å². The summed E-state index contributed by atoms with van der Waals surface area (Å²) in [6.07, 6.45) is 12.3. The summed E-state index contributed by atoms with van der Waals surface area (Å²) < 4.78 is 5.57. The highest BCUT2D eigenvalue weighted by Crippen LogP contribution is 2.31. The highest BCUT2D eigenvalue weighted by atomic mass is 16.5. The molecule has 0 aliphatic rings. The molecule has 3 heterocycles. The van der Waals surface area contributed by atoms with E-state index in [1.165, 1.54) is 0 Å². The Morgan fingerprint density at radius 2 is 1.97 bits per heavy atom. The highest BCUT2D eigenvalue weighted by molar-refractivity contribution is 5.95. The zero-order valence-corrected chi connectivity index (χ0v) is 16.2. The maximum Gasteiger partial charge on any atom is 0.141 e. The van der Waals surface area contributed by atoms with Gasteiger partial charge in [0.1, 0.15) is 17.9 Å². The summed E-state index contributed by atoms with van der Waals surface area (Å²) in [7, 11) is 1.65. The highest BCUT2D eigenvalue weighted by Gasteiger charge is 2.10. The first-order valence-corrected chi connectivity index (χ1v) is 9.41. The summed E-state index contributed by atoms with van der Waals surface area (Å²) in [4.78, 5) is 20.4. The minimum Gasteiger partial charge on any atom is -0.496 e. The van der Waals surface area contributed by atoms with Gasteiger partial charge in [-0.1, -0.05) is 0 Å². The molecule has 0 atom stereocenters. The third-order valence-corrected chi connectivity index (χ3v) is 4.82. The Kier molecular flexibility index (Phi) is 4.53. The summed E-state index contributed by atoms with van der Waals surface area (Å²) in [5.74, 6) is 1.45. The maximum atomic E-state index is 5.57. The van der Waals surface area contributed by atoms with Crippen LogP contribution in [0.1, 0.15) is 11.3 Å². The van der Waals surface area contributed by atoms with E-state index in [1.54, 1.807) is 32.0 Å². The van der Waals surface area contributed by atoms with Gasteiger partial charge in [0.05, 0.1) is 24.5 Å². The van der Waals surface area contributed by atoms with Crippen molar-refractivity contribution in [1.82, 2.24) is 24.9 Å². The van der Waals surface area contributed by atoms with E-state index in [0.29, 0.717) is 0 Å². The maximum absolute atomic E-state index is 5.57. The Hall–Kier alpha value is -4.26. The van der Waals surface area contributed by atoms with Crippen LogP contribution in [-0.4, -0.2) is 32.0 Å². The van der Waals surface area contributed by atoms with E-state index < -0.39 is 0 Å². The second-order valence-corrected chi connectivity index (χ2v) is 6.70. The Labute approximate surface area is 172 Å². The fourth-order valence-corrected chi connectivity index (χ4v) is 3.35. The molecular weight excluding hydrogens is 376 g/mol. The summed E-state index contributed by atoms with van der Waals surface area (Å²) >= 11 is 0. The minimum atomic E-state index is 0.723. The molecule has 0 unspecified atom stereocenters. The third-order valence-electron chi connectivity index (χ3n) is 4.82. The summed E-state index contributed by atoms with van der Waals surface area (Å²) in [5.41, 5.74) is 4.50. The molecule has 0 aliphatic carbocycles. The molecule has 0 bridgehead atoms. The van der Waals surface area contributed by atoms with Crippen LogP contribution < -0.4 is 10.1 Å². The van der Waals surface area contributed by atoms with Gasteiger partial charge in [-0.15, -0.1) is 0 Å². The van der Waals surface area contributed by atoms with Crippen molar-refractivity contribution in [3.8, 4) is 5.75 Å². The van der Waals surface area contributed by atoms with Crippen molar-refractivity contribution < 1.29 is 4.74 Å². The first kappa shape index (κ1) is 17.8. The average Bonchev–Trinajstić information content (AvgIpc) is 3.26. The lowest BCUT2D eigenvalue weighted by molar-refractivity contribution is 0.414. The van der Waals surface area contributed by atoms with Crippen molar-refractivity contribution in [2.75, 3.05) is 12.4 Å². The molecule has 0 aliphatic heterocycles. The molecule has 7 nitrogen and oxygen atoms in total. The predicted octanol–water partition coefficient (Wildman–Crippen LogP) is 4.82. The van der Waals surface area contributed by atoms with Crippen LogP contribution in [0.4, 0.5) is 11.5 Å². The van der Waals surface area contributed by atoms with Crippen molar-refractivity contribution in [2.45, 2.75) is 0 Å². The molecule has 3 aromatic heterocycles. The van der Waals surface area contributed by atoms with Gasteiger partial charge in [0, 0.05) is 52.2 Å². The summed E-state index contributed by atoms with van der Waals surface area (Å²) in [5, 5.41) is 5.44. The topological polar surface area (TPSA) is 88.6 Å². The fraction of sp³-hybridized carbons (Fsp3) is 0.0435. The SMILES string of the molecule is COc1cc2ncnc(Nc3ccc4[nH]ccc4c3)c2cc1/C=C/c1cnccn1. The fourth-order valence-electron chi connectivity index (χ4n) is 3.35. The zero-order valence-electron chi connectivity index (χ0n) is 16.2. The molecule has 0 spiro atoms. The number of nitrogens with one attached hydrogen (secondary N) is 2.